The van der Waals surface area contributed by atoms with Crippen LogP contribution >= 0.6 is 7.05 Å². The van der Waals surface area contributed by atoms with Crippen molar-refractivity contribution in [3.05, 3.63) is 0 Å². The normalized spacial score (nSPS) is 13.4. The lowest BCUT2D eigenvalue weighted by Crippen LogP contribution is -2.24. The Balaban J connectivity index is 3.98. The molecule has 0 amide bonds. The van der Waals surface area contributed by atoms with Gasteiger partial charge in [0.2, 0.25) is 0 Å². The molecule has 0 unspecified atom stereocenters. The molecular formula is C7H20NPSi. The third-order valence-corrected chi connectivity index (χ3v) is 3.33. The molecular weight excluding hydrogens is 157 g/mol. The largest absolute Gasteiger partial charge is 0.307 e. The van der Waals surface area contributed by atoms with Crippen molar-refractivity contribution in [2.75, 3.05) is 26.2 Å². The van der Waals surface area contributed by atoms with E-state index in [0.29, 0.717) is 0 Å². The summed E-state index contributed by atoms with van der Waals surface area (Å²) in [6.07, 6.45) is 1.14. The summed E-state index contributed by atoms with van der Waals surface area (Å²) in [5.41, 5.74) is 0. The summed E-state index contributed by atoms with van der Waals surface area (Å²) < 4.78 is 4.70. The molecule has 0 aliphatic heterocycles. The van der Waals surface area contributed by atoms with Gasteiger partial charge in [-0.15, -0.1) is 0 Å². The van der Waals surface area contributed by atoms with Crippen molar-refractivity contribution in [1.82, 2.24) is 0 Å². The average Bonchev–Trinajstić information content (AvgIpc) is 1.57. The molecule has 0 spiro atoms. The van der Waals surface area contributed by atoms with Gasteiger partial charge in [0.05, 0.1) is 8.07 Å². The molecule has 0 aromatic carbocycles. The highest BCUT2D eigenvalue weighted by Crippen LogP contribution is 2.35. The van der Waals surface area contributed by atoms with E-state index < -0.39 is 15.1 Å². The Morgan fingerprint density at radius 1 is 1.10 bits per heavy atom. The quantitative estimate of drug-likeness (QED) is 0.454. The second-order valence-corrected chi connectivity index (χ2v) is 14.4. The first-order valence-corrected chi connectivity index (χ1v) is 10.5. The van der Waals surface area contributed by atoms with Gasteiger partial charge < -0.3 is 4.74 Å². The smallest absolute Gasteiger partial charge is 0.0691 e. The summed E-state index contributed by atoms with van der Waals surface area (Å²) in [6, 6.07) is 0. The molecule has 0 N–H and O–H groups in total. The lowest BCUT2D eigenvalue weighted by atomic mass is 11.5. The minimum absolute atomic E-state index is 0.852. The maximum Gasteiger partial charge on any atom is 0.0691 e. The van der Waals surface area contributed by atoms with Gasteiger partial charge >= 0.3 is 0 Å². The standard InChI is InChI=1S/C7H20NPSi/c1-9(2,3)8-7-10(4,5)6/h7H2,1-6H3. The molecule has 0 saturated heterocycles. The van der Waals surface area contributed by atoms with Gasteiger partial charge in [-0.3, -0.25) is 0 Å². The molecule has 0 fully saturated rings. The number of nitrogens with zero attached hydrogens (tertiary/aromatic N) is 1. The van der Waals surface area contributed by atoms with Crippen molar-refractivity contribution in [3.63, 3.8) is 0 Å². The lowest BCUT2D eigenvalue weighted by molar-refractivity contribution is 1.30. The molecule has 1 nitrogen and oxygen atoms in total. The van der Waals surface area contributed by atoms with Crippen molar-refractivity contribution in [2.45, 2.75) is 19.6 Å². The highest BCUT2D eigenvalue weighted by Gasteiger charge is 2.11. The van der Waals surface area contributed by atoms with Crippen LogP contribution in [0.2, 0.25) is 19.6 Å². The minimum atomic E-state index is -0.906. The highest BCUT2D eigenvalue weighted by atomic mass is 31.2. The van der Waals surface area contributed by atoms with Crippen LogP contribution in [0, 0.1) is 0 Å². The van der Waals surface area contributed by atoms with Crippen molar-refractivity contribution < 1.29 is 0 Å². The van der Waals surface area contributed by atoms with Gasteiger partial charge in [-0.05, 0) is 27.0 Å². The molecule has 0 aliphatic carbocycles. The Morgan fingerprint density at radius 2 is 1.50 bits per heavy atom. The molecule has 0 rings (SSSR count). The lowest BCUT2D eigenvalue weighted by Gasteiger charge is -2.15. The first kappa shape index (κ1) is 10.4. The van der Waals surface area contributed by atoms with Gasteiger partial charge in [-0.25, -0.2) is 0 Å². The van der Waals surface area contributed by atoms with Gasteiger partial charge in [0.25, 0.3) is 0 Å². The van der Waals surface area contributed by atoms with Crippen LogP contribution in [0.4, 0.5) is 0 Å². The molecule has 0 atom stereocenters. The first-order chi connectivity index (χ1) is 4.21. The highest BCUT2D eigenvalue weighted by molar-refractivity contribution is 7.64. The molecule has 0 aliphatic rings. The molecule has 62 valence electrons. The summed E-state index contributed by atoms with van der Waals surface area (Å²) in [5.74, 6) is 0. The topological polar surface area (TPSA) is 12.4 Å². The predicted molar refractivity (Wildman–Crippen MR) is 55.3 cm³/mol. The molecule has 0 bridgehead atoms. The van der Waals surface area contributed by atoms with Crippen LogP contribution in [0.25, 0.3) is 0 Å². The predicted octanol–water partition coefficient (Wildman–Crippen LogP) is 2.95. The van der Waals surface area contributed by atoms with Crippen LogP contribution in [0.5, 0.6) is 0 Å². The fraction of sp³-hybridized carbons (Fsp3) is 1.00. The summed E-state index contributed by atoms with van der Waals surface area (Å²) in [4.78, 5) is 0. The second kappa shape index (κ2) is 3.23. The zero-order valence-electron chi connectivity index (χ0n) is 8.10. The van der Waals surface area contributed by atoms with Crippen LogP contribution in [0.15, 0.2) is 4.74 Å². The third-order valence-electron chi connectivity index (χ3n) is 0.969. The fourth-order valence-corrected chi connectivity index (χ4v) is 3.82. The number of hydrogen-bond donors (Lipinski definition) is 0. The van der Waals surface area contributed by atoms with E-state index >= 15 is 0 Å². The molecule has 3 heteroatoms. The zero-order valence-corrected chi connectivity index (χ0v) is 10.00. The van der Waals surface area contributed by atoms with E-state index in [1.807, 2.05) is 0 Å². The SMILES string of the molecule is C[Si](C)(C)CN=P(C)(C)C. The number of hydrogen-bond acceptors (Lipinski definition) is 1. The van der Waals surface area contributed by atoms with E-state index in [1.54, 1.807) is 0 Å². The van der Waals surface area contributed by atoms with Crippen LogP contribution in [-0.4, -0.2) is 34.2 Å². The van der Waals surface area contributed by atoms with Crippen LogP contribution in [0.1, 0.15) is 0 Å². The molecule has 0 radical (unpaired) electrons. The monoisotopic (exact) mass is 177 g/mol. The third kappa shape index (κ3) is 8.45. The van der Waals surface area contributed by atoms with E-state index in [0.717, 1.165) is 6.17 Å². The Bertz CT molecular complexity index is 143. The van der Waals surface area contributed by atoms with E-state index in [-0.39, 0.29) is 0 Å². The Hall–Kier alpha value is 0.447. The molecule has 0 aromatic heterocycles. The zero-order chi connectivity index (χ0) is 8.41. The van der Waals surface area contributed by atoms with Gasteiger partial charge in [0.1, 0.15) is 0 Å². The number of rotatable bonds is 2. The second-order valence-electron chi connectivity index (χ2n) is 4.80. The Kier molecular flexibility index (Phi) is 3.37. The van der Waals surface area contributed by atoms with Gasteiger partial charge in [0, 0.05) is 6.17 Å². The maximum atomic E-state index is 4.70. The van der Waals surface area contributed by atoms with E-state index in [2.05, 4.69) is 39.6 Å². The van der Waals surface area contributed by atoms with Gasteiger partial charge in [0.15, 0.2) is 0 Å². The molecule has 0 heterocycles. The summed E-state index contributed by atoms with van der Waals surface area (Å²) in [7, 11) is -1.76. The van der Waals surface area contributed by atoms with E-state index in [9.17, 15) is 0 Å². The van der Waals surface area contributed by atoms with Crippen LogP contribution < -0.4 is 0 Å². The molecule has 10 heavy (non-hydrogen) atoms. The van der Waals surface area contributed by atoms with E-state index in [1.165, 1.54) is 0 Å². The first-order valence-electron chi connectivity index (χ1n) is 3.71. The minimum Gasteiger partial charge on any atom is -0.307 e. The Labute approximate surface area is 66.3 Å². The molecule has 0 aromatic rings. The van der Waals surface area contributed by atoms with Crippen molar-refractivity contribution in [2.24, 2.45) is 4.74 Å². The summed E-state index contributed by atoms with van der Waals surface area (Å²) in [6.45, 7) is 13.9. The summed E-state index contributed by atoms with van der Waals surface area (Å²) in [5, 5.41) is 0. The maximum absolute atomic E-state index is 4.70. The van der Waals surface area contributed by atoms with Crippen LogP contribution in [-0.2, 0) is 0 Å². The van der Waals surface area contributed by atoms with Crippen molar-refractivity contribution in [1.29, 1.82) is 0 Å². The van der Waals surface area contributed by atoms with E-state index in [4.69, 9.17) is 4.74 Å². The van der Waals surface area contributed by atoms with Crippen LogP contribution in [0.3, 0.4) is 0 Å². The van der Waals surface area contributed by atoms with Gasteiger partial charge in [-0.2, -0.15) is 0 Å². The Morgan fingerprint density at radius 3 is 1.60 bits per heavy atom. The van der Waals surface area contributed by atoms with Crippen molar-refractivity contribution in [3.8, 4) is 0 Å². The van der Waals surface area contributed by atoms with Gasteiger partial charge in [-0.1, -0.05) is 19.6 Å². The molecule has 0 saturated carbocycles. The van der Waals surface area contributed by atoms with Crippen molar-refractivity contribution >= 4 is 15.1 Å². The summed E-state index contributed by atoms with van der Waals surface area (Å²) >= 11 is 0. The average molecular weight is 177 g/mol. The fourth-order valence-electron chi connectivity index (χ4n) is 0.424.